The van der Waals surface area contributed by atoms with Crippen LogP contribution in [0.3, 0.4) is 0 Å². The van der Waals surface area contributed by atoms with Crippen molar-refractivity contribution in [1.29, 1.82) is 0 Å². The number of benzene rings is 1. The average molecular weight is 327 g/mol. The summed E-state index contributed by atoms with van der Waals surface area (Å²) < 4.78 is 11.6. The Bertz CT molecular complexity index is 540. The van der Waals surface area contributed by atoms with E-state index in [1.807, 2.05) is 37.3 Å². The lowest BCUT2D eigenvalue weighted by molar-refractivity contribution is -0.220. The second-order valence-corrected chi connectivity index (χ2v) is 7.85. The van der Waals surface area contributed by atoms with Crippen LogP contribution in [0.1, 0.15) is 44.6 Å². The van der Waals surface area contributed by atoms with E-state index in [0.29, 0.717) is 17.0 Å². The van der Waals surface area contributed by atoms with Crippen LogP contribution in [0, 0.1) is 0 Å². The van der Waals surface area contributed by atoms with Crippen LogP contribution in [0.25, 0.3) is 5.31 Å². The third-order valence-electron chi connectivity index (χ3n) is 4.18. The Morgan fingerprint density at radius 2 is 1.90 bits per heavy atom. The summed E-state index contributed by atoms with van der Waals surface area (Å²) in [6, 6.07) is 9.57. The lowest BCUT2D eigenvalue weighted by Gasteiger charge is -2.33. The largest absolute Gasteiger partial charge is 0.627 e. The van der Waals surface area contributed by atoms with Gasteiger partial charge in [0, 0.05) is 5.56 Å². The normalized spacial score (nSPS) is 28.3. The Hall–Kier alpha value is -0.440. The number of halogens is 1. The van der Waals surface area contributed by atoms with Crippen molar-refractivity contribution in [3.63, 3.8) is 0 Å². The molecule has 1 heterocycles. The van der Waals surface area contributed by atoms with Crippen LogP contribution in [0.15, 0.2) is 35.4 Å². The standard InChI is InChI=1S/C16H20ClO3P/c1-2-19-21(18)14(13-9-5-3-6-10-13)15(17)16(20-21)11-7-4-8-12-16/h3,5-6,9-10H,2,4,7-8,11-12H2,1H3. The van der Waals surface area contributed by atoms with Crippen molar-refractivity contribution in [2.45, 2.75) is 44.6 Å². The lowest BCUT2D eigenvalue weighted by Crippen LogP contribution is -2.33. The minimum atomic E-state index is -3.34. The minimum absolute atomic E-state index is 0.341. The van der Waals surface area contributed by atoms with Crippen molar-refractivity contribution in [2.75, 3.05) is 6.61 Å². The van der Waals surface area contributed by atoms with Gasteiger partial charge >= 0.3 is 0 Å². The number of rotatable bonds is 3. The predicted octanol–water partition coefficient (Wildman–Crippen LogP) is 4.49. The van der Waals surface area contributed by atoms with Gasteiger partial charge in [0.15, 0.2) is 10.9 Å². The molecule has 1 unspecified atom stereocenters. The number of hydrogen-bond acceptors (Lipinski definition) is 3. The second kappa shape index (κ2) is 5.98. The van der Waals surface area contributed by atoms with Gasteiger partial charge in [-0.2, -0.15) is 4.52 Å². The highest BCUT2D eigenvalue weighted by Gasteiger charge is 2.59. The van der Waals surface area contributed by atoms with Crippen molar-refractivity contribution in [2.24, 2.45) is 0 Å². The second-order valence-electron chi connectivity index (χ2n) is 5.59. The first-order chi connectivity index (χ1) is 10.1. The zero-order valence-corrected chi connectivity index (χ0v) is 13.8. The summed E-state index contributed by atoms with van der Waals surface area (Å²) in [6.45, 7) is 2.17. The van der Waals surface area contributed by atoms with Crippen LogP contribution >= 0.6 is 19.5 Å². The molecule has 114 valence electrons. The van der Waals surface area contributed by atoms with E-state index in [1.165, 1.54) is 6.42 Å². The van der Waals surface area contributed by atoms with Crippen LogP contribution in [0.2, 0.25) is 0 Å². The molecule has 1 saturated carbocycles. The third kappa shape index (κ3) is 2.67. The molecular formula is C16H20ClO3P. The van der Waals surface area contributed by atoms with Crippen LogP contribution in [-0.2, 0) is 9.05 Å². The van der Waals surface area contributed by atoms with Crippen LogP contribution in [0.5, 0.6) is 0 Å². The molecule has 0 aromatic heterocycles. The summed E-state index contributed by atoms with van der Waals surface area (Å²) in [4.78, 5) is 13.2. The Balaban J connectivity index is 2.09. The Kier molecular flexibility index (Phi) is 4.40. The van der Waals surface area contributed by atoms with Crippen molar-refractivity contribution < 1.29 is 13.9 Å². The first kappa shape index (κ1) is 15.5. The van der Waals surface area contributed by atoms with E-state index in [1.54, 1.807) is 0 Å². The van der Waals surface area contributed by atoms with Crippen LogP contribution in [0.4, 0.5) is 0 Å². The topological polar surface area (TPSA) is 41.5 Å². The van der Waals surface area contributed by atoms with Gasteiger partial charge in [0.25, 0.3) is 7.94 Å². The van der Waals surface area contributed by atoms with Gasteiger partial charge in [-0.05, 0) is 19.8 Å². The predicted molar refractivity (Wildman–Crippen MR) is 84.7 cm³/mol. The highest BCUT2D eigenvalue weighted by atomic mass is 35.5. The van der Waals surface area contributed by atoms with E-state index < -0.39 is 13.5 Å². The van der Waals surface area contributed by atoms with Gasteiger partial charge in [-0.15, -0.1) is 0 Å². The summed E-state index contributed by atoms with van der Waals surface area (Å²) in [5.74, 6) is 0. The van der Waals surface area contributed by atoms with E-state index in [0.717, 1.165) is 31.2 Å². The first-order valence-electron chi connectivity index (χ1n) is 7.53. The quantitative estimate of drug-likeness (QED) is 0.769. The van der Waals surface area contributed by atoms with E-state index >= 15 is 0 Å². The summed E-state index contributed by atoms with van der Waals surface area (Å²) in [5.41, 5.74) is 0.233. The zero-order valence-electron chi connectivity index (χ0n) is 12.2. The maximum atomic E-state index is 13.2. The van der Waals surface area contributed by atoms with Gasteiger partial charge in [-0.3, -0.25) is 0 Å². The van der Waals surface area contributed by atoms with Gasteiger partial charge in [-0.1, -0.05) is 61.2 Å². The molecule has 1 aromatic rings. The fraction of sp³-hybridized carbons (Fsp3) is 0.500. The Morgan fingerprint density at radius 1 is 1.24 bits per heavy atom. The van der Waals surface area contributed by atoms with Crippen molar-refractivity contribution in [1.82, 2.24) is 0 Å². The van der Waals surface area contributed by atoms with Gasteiger partial charge in [0.2, 0.25) is 0 Å². The summed E-state index contributed by atoms with van der Waals surface area (Å²) in [6.07, 6.45) is 4.90. The van der Waals surface area contributed by atoms with E-state index in [9.17, 15) is 4.89 Å². The lowest BCUT2D eigenvalue weighted by atomic mass is 9.84. The molecule has 1 fully saturated rings. The summed E-state index contributed by atoms with van der Waals surface area (Å²) >= 11 is 6.67. The molecule has 0 radical (unpaired) electrons. The molecular weight excluding hydrogens is 307 g/mol. The van der Waals surface area contributed by atoms with E-state index in [2.05, 4.69) is 0 Å². The third-order valence-corrected chi connectivity index (χ3v) is 7.07. The Labute approximate surface area is 131 Å². The zero-order chi connectivity index (χ0) is 14.9. The van der Waals surface area contributed by atoms with Crippen molar-refractivity contribution in [3.8, 4) is 0 Å². The van der Waals surface area contributed by atoms with E-state index in [-0.39, 0.29) is 0 Å². The van der Waals surface area contributed by atoms with Crippen LogP contribution < -0.4 is 4.89 Å². The summed E-state index contributed by atoms with van der Waals surface area (Å²) in [5, 5.41) is 1.15. The maximum Gasteiger partial charge on any atom is 0.274 e. The molecule has 0 N–H and O–H groups in total. The summed E-state index contributed by atoms with van der Waals surface area (Å²) in [7, 11) is -3.34. The molecule has 1 aliphatic heterocycles. The van der Waals surface area contributed by atoms with Gasteiger partial charge in [-0.25, -0.2) is 4.52 Å². The molecule has 2 aliphatic rings. The molecule has 0 bridgehead atoms. The molecule has 0 amide bonds. The highest BCUT2D eigenvalue weighted by molar-refractivity contribution is 7.70. The molecule has 1 aliphatic carbocycles. The molecule has 0 saturated heterocycles. The van der Waals surface area contributed by atoms with Crippen molar-refractivity contribution >= 4 is 24.9 Å². The maximum absolute atomic E-state index is 13.2. The monoisotopic (exact) mass is 326 g/mol. The number of hydrogen-bond donors (Lipinski definition) is 0. The van der Waals surface area contributed by atoms with E-state index in [4.69, 9.17) is 20.6 Å². The van der Waals surface area contributed by atoms with Gasteiger partial charge < -0.3 is 4.89 Å². The van der Waals surface area contributed by atoms with Gasteiger partial charge in [0.1, 0.15) is 5.03 Å². The van der Waals surface area contributed by atoms with Gasteiger partial charge in [0.05, 0.1) is 6.61 Å². The minimum Gasteiger partial charge on any atom is -0.627 e. The molecule has 3 rings (SSSR count). The SMILES string of the molecule is CCO[P+]1([O-])OC2(CCCCC2)C(Cl)=C1c1ccccc1. The molecule has 1 spiro atoms. The molecule has 5 heteroatoms. The average Bonchev–Trinajstić information content (AvgIpc) is 2.69. The highest BCUT2D eigenvalue weighted by Crippen LogP contribution is 2.75. The van der Waals surface area contributed by atoms with Crippen molar-refractivity contribution in [3.05, 3.63) is 40.9 Å². The van der Waals surface area contributed by atoms with Crippen LogP contribution in [-0.4, -0.2) is 12.2 Å². The molecule has 1 aromatic carbocycles. The first-order valence-corrected chi connectivity index (χ1v) is 9.45. The fourth-order valence-corrected chi connectivity index (χ4v) is 6.18. The molecule has 1 atom stereocenters. The molecule has 21 heavy (non-hydrogen) atoms. The smallest absolute Gasteiger partial charge is 0.274 e. The molecule has 3 nitrogen and oxygen atoms in total. The Morgan fingerprint density at radius 3 is 2.52 bits per heavy atom. The fourth-order valence-electron chi connectivity index (χ4n) is 3.23.